The maximum atomic E-state index is 11.8. The summed E-state index contributed by atoms with van der Waals surface area (Å²) in [4.78, 5) is 15.7. The highest BCUT2D eigenvalue weighted by Crippen LogP contribution is 2.21. The Morgan fingerprint density at radius 2 is 2.09 bits per heavy atom. The van der Waals surface area contributed by atoms with Gasteiger partial charge >= 0.3 is 0 Å². The van der Waals surface area contributed by atoms with Crippen molar-refractivity contribution in [3.63, 3.8) is 0 Å². The molecule has 2 rings (SSSR count). The minimum atomic E-state index is -0.368. The Morgan fingerprint density at radius 1 is 1.27 bits per heavy atom. The van der Waals surface area contributed by atoms with Crippen LogP contribution in [0.4, 0.5) is 5.69 Å². The van der Waals surface area contributed by atoms with E-state index in [1.165, 1.54) is 6.08 Å². The third-order valence-corrected chi connectivity index (χ3v) is 3.30. The molecule has 1 aromatic carbocycles. The molecule has 0 atom stereocenters. The SMILES string of the molecule is O=C(C=Cc1ccc(Cl)cc1Cl)NC(=S)Nc1cccnc1. The molecule has 0 spiro atoms. The van der Waals surface area contributed by atoms with Gasteiger partial charge in [-0.15, -0.1) is 0 Å². The van der Waals surface area contributed by atoms with Crippen molar-refractivity contribution in [3.05, 3.63) is 64.4 Å². The lowest BCUT2D eigenvalue weighted by atomic mass is 10.2. The first-order chi connectivity index (χ1) is 10.5. The highest BCUT2D eigenvalue weighted by molar-refractivity contribution is 7.80. The Balaban J connectivity index is 1.92. The van der Waals surface area contributed by atoms with Gasteiger partial charge in [0.25, 0.3) is 0 Å². The summed E-state index contributed by atoms with van der Waals surface area (Å²) in [6.45, 7) is 0. The number of carbonyl (C=O) groups excluding carboxylic acids is 1. The van der Waals surface area contributed by atoms with E-state index in [4.69, 9.17) is 35.4 Å². The number of hydrogen-bond acceptors (Lipinski definition) is 3. The summed E-state index contributed by atoms with van der Waals surface area (Å²) in [6.07, 6.45) is 6.17. The predicted octanol–water partition coefficient (Wildman–Crippen LogP) is 3.91. The van der Waals surface area contributed by atoms with E-state index in [9.17, 15) is 4.79 Å². The Labute approximate surface area is 143 Å². The Kier molecular flexibility index (Phi) is 5.89. The molecular formula is C15H11Cl2N3OS. The third kappa shape index (κ3) is 5.11. The van der Waals surface area contributed by atoms with Gasteiger partial charge in [0.1, 0.15) is 0 Å². The van der Waals surface area contributed by atoms with Gasteiger partial charge in [-0.05, 0) is 48.1 Å². The largest absolute Gasteiger partial charge is 0.331 e. The maximum absolute atomic E-state index is 11.8. The van der Waals surface area contributed by atoms with Crippen LogP contribution in [-0.2, 0) is 4.79 Å². The molecule has 0 fully saturated rings. The molecule has 0 saturated heterocycles. The van der Waals surface area contributed by atoms with Crippen molar-refractivity contribution < 1.29 is 4.79 Å². The number of amides is 1. The molecule has 0 bridgehead atoms. The molecule has 2 N–H and O–H groups in total. The lowest BCUT2D eigenvalue weighted by Crippen LogP contribution is -2.32. The van der Waals surface area contributed by atoms with Crippen LogP contribution < -0.4 is 10.6 Å². The number of halogens is 2. The molecule has 0 radical (unpaired) electrons. The summed E-state index contributed by atoms with van der Waals surface area (Å²) in [6, 6.07) is 8.57. The first-order valence-electron chi connectivity index (χ1n) is 6.20. The van der Waals surface area contributed by atoms with E-state index >= 15 is 0 Å². The molecule has 2 aromatic rings. The molecule has 1 aromatic heterocycles. The Bertz CT molecular complexity index is 720. The zero-order valence-electron chi connectivity index (χ0n) is 11.2. The molecule has 1 heterocycles. The molecule has 22 heavy (non-hydrogen) atoms. The van der Waals surface area contributed by atoms with Crippen LogP contribution in [0.5, 0.6) is 0 Å². The minimum Gasteiger partial charge on any atom is -0.331 e. The number of benzene rings is 1. The topological polar surface area (TPSA) is 54.0 Å². The van der Waals surface area contributed by atoms with E-state index in [0.717, 1.165) is 0 Å². The number of nitrogens with zero attached hydrogens (tertiary/aromatic N) is 1. The van der Waals surface area contributed by atoms with Crippen molar-refractivity contribution in [2.75, 3.05) is 5.32 Å². The number of anilines is 1. The molecule has 0 saturated carbocycles. The molecule has 0 unspecified atom stereocenters. The first kappa shape index (κ1) is 16.4. The normalized spacial score (nSPS) is 10.5. The molecule has 0 aliphatic rings. The van der Waals surface area contributed by atoms with Gasteiger partial charge in [0.2, 0.25) is 5.91 Å². The van der Waals surface area contributed by atoms with E-state index in [1.54, 1.807) is 48.8 Å². The van der Waals surface area contributed by atoms with E-state index in [-0.39, 0.29) is 11.0 Å². The van der Waals surface area contributed by atoms with Crippen LogP contribution in [0, 0.1) is 0 Å². The molecule has 1 amide bonds. The van der Waals surface area contributed by atoms with Gasteiger partial charge in [-0.25, -0.2) is 0 Å². The van der Waals surface area contributed by atoms with E-state index in [2.05, 4.69) is 15.6 Å². The van der Waals surface area contributed by atoms with Gasteiger partial charge in [-0.3, -0.25) is 15.1 Å². The molecule has 0 aliphatic carbocycles. The van der Waals surface area contributed by atoms with Gasteiger partial charge in [0, 0.05) is 22.3 Å². The fourth-order valence-corrected chi connectivity index (χ4v) is 2.24. The van der Waals surface area contributed by atoms with Crippen molar-refractivity contribution in [2.24, 2.45) is 0 Å². The van der Waals surface area contributed by atoms with E-state index < -0.39 is 0 Å². The van der Waals surface area contributed by atoms with Crippen LogP contribution >= 0.6 is 35.4 Å². The molecule has 112 valence electrons. The van der Waals surface area contributed by atoms with Gasteiger partial charge in [-0.1, -0.05) is 29.3 Å². The number of carbonyl (C=O) groups is 1. The van der Waals surface area contributed by atoms with Crippen LogP contribution in [0.15, 0.2) is 48.8 Å². The Hall–Kier alpha value is -1.95. The monoisotopic (exact) mass is 351 g/mol. The lowest BCUT2D eigenvalue weighted by molar-refractivity contribution is -0.115. The number of rotatable bonds is 3. The summed E-state index contributed by atoms with van der Waals surface area (Å²) in [5.74, 6) is -0.368. The fourth-order valence-electron chi connectivity index (χ4n) is 1.55. The molecular weight excluding hydrogens is 341 g/mol. The minimum absolute atomic E-state index is 0.185. The van der Waals surface area contributed by atoms with Crippen LogP contribution in [0.3, 0.4) is 0 Å². The van der Waals surface area contributed by atoms with Gasteiger partial charge in [-0.2, -0.15) is 0 Å². The fraction of sp³-hybridized carbons (Fsp3) is 0. The van der Waals surface area contributed by atoms with Crippen LogP contribution in [-0.4, -0.2) is 16.0 Å². The summed E-state index contributed by atoms with van der Waals surface area (Å²) in [7, 11) is 0. The van der Waals surface area contributed by atoms with Crippen molar-refractivity contribution in [3.8, 4) is 0 Å². The van der Waals surface area contributed by atoms with Crippen LogP contribution in [0.25, 0.3) is 6.08 Å². The summed E-state index contributed by atoms with van der Waals surface area (Å²) in [5.41, 5.74) is 1.38. The van der Waals surface area contributed by atoms with E-state index in [1.807, 2.05) is 0 Å². The maximum Gasteiger partial charge on any atom is 0.250 e. The number of pyridine rings is 1. The molecule has 7 heteroatoms. The zero-order chi connectivity index (χ0) is 15.9. The highest BCUT2D eigenvalue weighted by atomic mass is 35.5. The summed E-state index contributed by atoms with van der Waals surface area (Å²) in [5, 5.41) is 6.56. The second-order valence-electron chi connectivity index (χ2n) is 4.18. The zero-order valence-corrected chi connectivity index (χ0v) is 13.5. The summed E-state index contributed by atoms with van der Waals surface area (Å²) >= 11 is 16.9. The average Bonchev–Trinajstić information content (AvgIpc) is 2.47. The second kappa shape index (κ2) is 7.89. The standard InChI is InChI=1S/C15H11Cl2N3OS/c16-11-5-3-10(13(17)8-11)4-6-14(21)20-15(22)19-12-2-1-7-18-9-12/h1-9H,(H2,19,20,21,22). The van der Waals surface area contributed by atoms with Crippen LogP contribution in [0.2, 0.25) is 10.0 Å². The third-order valence-electron chi connectivity index (χ3n) is 2.53. The Morgan fingerprint density at radius 3 is 2.77 bits per heavy atom. The van der Waals surface area contributed by atoms with Crippen molar-refractivity contribution in [1.29, 1.82) is 0 Å². The number of hydrogen-bond donors (Lipinski definition) is 2. The van der Waals surface area contributed by atoms with E-state index in [0.29, 0.717) is 21.3 Å². The summed E-state index contributed by atoms with van der Waals surface area (Å²) < 4.78 is 0. The molecule has 0 aliphatic heterocycles. The first-order valence-corrected chi connectivity index (χ1v) is 7.36. The number of thiocarbonyl (C=S) groups is 1. The van der Waals surface area contributed by atoms with Gasteiger partial charge in [0.05, 0.1) is 11.9 Å². The number of nitrogens with one attached hydrogen (secondary N) is 2. The quantitative estimate of drug-likeness (QED) is 0.650. The highest BCUT2D eigenvalue weighted by Gasteiger charge is 2.02. The van der Waals surface area contributed by atoms with Gasteiger partial charge < -0.3 is 5.32 Å². The molecule has 4 nitrogen and oxygen atoms in total. The van der Waals surface area contributed by atoms with Crippen LogP contribution in [0.1, 0.15) is 5.56 Å². The number of aromatic nitrogens is 1. The van der Waals surface area contributed by atoms with Gasteiger partial charge in [0.15, 0.2) is 5.11 Å². The smallest absolute Gasteiger partial charge is 0.250 e. The average molecular weight is 352 g/mol. The lowest BCUT2D eigenvalue weighted by Gasteiger charge is -2.07. The predicted molar refractivity (Wildman–Crippen MR) is 94.1 cm³/mol. The van der Waals surface area contributed by atoms with Crippen molar-refractivity contribution in [1.82, 2.24) is 10.3 Å². The van der Waals surface area contributed by atoms with Crippen molar-refractivity contribution >= 4 is 58.2 Å². The second-order valence-corrected chi connectivity index (χ2v) is 5.44. The van der Waals surface area contributed by atoms with Crippen molar-refractivity contribution in [2.45, 2.75) is 0 Å².